The number of aliphatic hydroxyl groups is 1. The third-order valence-electron chi connectivity index (χ3n) is 6.97. The Labute approximate surface area is 230 Å². The van der Waals surface area contributed by atoms with Crippen molar-refractivity contribution in [1.82, 2.24) is 20.5 Å². The number of nitrogens with zero attached hydrogens (tertiary/aromatic N) is 2. The lowest BCUT2D eigenvalue weighted by atomic mass is 9.85. The molecule has 2 aromatic rings. The first-order valence-electron chi connectivity index (χ1n) is 13.3. The fraction of sp³-hybridized carbons (Fsp3) is 0.586. The number of likely N-dealkylation sites (tertiary alicyclic amines) is 1. The molecule has 1 aromatic carbocycles. The molecule has 1 fully saturated rings. The molecule has 208 valence electrons. The Morgan fingerprint density at radius 2 is 1.82 bits per heavy atom. The molecule has 1 saturated heterocycles. The first-order valence-corrected chi connectivity index (χ1v) is 14.2. The fourth-order valence-electron chi connectivity index (χ4n) is 4.88. The molecule has 38 heavy (non-hydrogen) atoms. The van der Waals surface area contributed by atoms with Crippen molar-refractivity contribution in [2.75, 3.05) is 6.54 Å². The average molecular weight is 543 g/mol. The molecule has 9 heteroatoms. The number of nitrogens with one attached hydrogen (secondary N) is 2. The van der Waals surface area contributed by atoms with Crippen LogP contribution in [0.1, 0.15) is 65.6 Å². The van der Waals surface area contributed by atoms with Crippen LogP contribution in [0.3, 0.4) is 0 Å². The lowest BCUT2D eigenvalue weighted by molar-refractivity contribution is -0.144. The maximum Gasteiger partial charge on any atom is 0.246 e. The van der Waals surface area contributed by atoms with Crippen molar-refractivity contribution in [2.24, 2.45) is 17.3 Å². The fourth-order valence-corrected chi connectivity index (χ4v) is 5.69. The van der Waals surface area contributed by atoms with Gasteiger partial charge in [0, 0.05) is 25.4 Å². The third-order valence-corrected chi connectivity index (χ3v) is 7.94. The quantitative estimate of drug-likeness (QED) is 0.445. The Hall–Kier alpha value is -2.78. The van der Waals surface area contributed by atoms with Crippen LogP contribution in [-0.4, -0.2) is 57.4 Å². The predicted octanol–water partition coefficient (Wildman–Crippen LogP) is 3.91. The normalized spacial score (nSPS) is 19.3. The lowest BCUT2D eigenvalue weighted by Gasteiger charge is -2.36. The van der Waals surface area contributed by atoms with E-state index in [0.717, 1.165) is 28.1 Å². The summed E-state index contributed by atoms with van der Waals surface area (Å²) in [5.74, 6) is -0.714. The number of hydrogen-bond acceptors (Lipinski definition) is 6. The minimum Gasteiger partial charge on any atom is -0.391 e. The zero-order chi connectivity index (χ0) is 28.2. The number of aryl methyl sites for hydroxylation is 1. The highest BCUT2D eigenvalue weighted by Crippen LogP contribution is 2.28. The molecule has 3 N–H and O–H groups in total. The summed E-state index contributed by atoms with van der Waals surface area (Å²) in [6.45, 7) is 14.0. The van der Waals surface area contributed by atoms with Crippen LogP contribution in [0.25, 0.3) is 10.4 Å². The Kier molecular flexibility index (Phi) is 9.70. The summed E-state index contributed by atoms with van der Waals surface area (Å²) in [4.78, 5) is 46.6. The number of thiazole rings is 1. The van der Waals surface area contributed by atoms with Gasteiger partial charge in [0.05, 0.1) is 22.2 Å². The molecule has 0 bridgehead atoms. The molecule has 0 radical (unpaired) electrons. The highest BCUT2D eigenvalue weighted by molar-refractivity contribution is 7.13. The Bertz CT molecular complexity index is 1120. The summed E-state index contributed by atoms with van der Waals surface area (Å²) >= 11 is 1.59. The Balaban J connectivity index is 1.68. The van der Waals surface area contributed by atoms with E-state index in [1.165, 1.54) is 4.90 Å². The number of benzene rings is 1. The zero-order valence-corrected chi connectivity index (χ0v) is 24.4. The van der Waals surface area contributed by atoms with Gasteiger partial charge in [-0.1, -0.05) is 65.8 Å². The number of aromatic nitrogens is 1. The van der Waals surface area contributed by atoms with E-state index in [1.54, 1.807) is 11.3 Å². The van der Waals surface area contributed by atoms with Gasteiger partial charge < -0.3 is 20.6 Å². The number of hydrogen-bond donors (Lipinski definition) is 3. The van der Waals surface area contributed by atoms with E-state index in [-0.39, 0.29) is 36.6 Å². The van der Waals surface area contributed by atoms with Crippen LogP contribution < -0.4 is 10.6 Å². The lowest BCUT2D eigenvalue weighted by Crippen LogP contribution is -2.58. The van der Waals surface area contributed by atoms with Crippen molar-refractivity contribution in [3.8, 4) is 10.4 Å². The first kappa shape index (κ1) is 29.8. The van der Waals surface area contributed by atoms with Gasteiger partial charge in [0.15, 0.2) is 0 Å². The summed E-state index contributed by atoms with van der Waals surface area (Å²) in [5, 5.41) is 16.3. The number of rotatable bonds is 9. The molecular weight excluding hydrogens is 500 g/mol. The van der Waals surface area contributed by atoms with E-state index in [1.807, 2.05) is 64.4 Å². The van der Waals surface area contributed by atoms with Crippen molar-refractivity contribution >= 4 is 29.1 Å². The second-order valence-electron chi connectivity index (χ2n) is 11.9. The van der Waals surface area contributed by atoms with Crippen molar-refractivity contribution in [3.05, 3.63) is 41.0 Å². The summed E-state index contributed by atoms with van der Waals surface area (Å²) < 4.78 is 0. The molecule has 3 amide bonds. The van der Waals surface area contributed by atoms with E-state index in [0.29, 0.717) is 12.5 Å². The number of carbonyl (C=O) groups is 3. The number of amides is 3. The van der Waals surface area contributed by atoms with Gasteiger partial charge in [-0.15, -0.1) is 11.3 Å². The topological polar surface area (TPSA) is 112 Å². The van der Waals surface area contributed by atoms with Crippen molar-refractivity contribution in [1.29, 1.82) is 0 Å². The summed E-state index contributed by atoms with van der Waals surface area (Å²) in [6, 6.07) is 6.33. The summed E-state index contributed by atoms with van der Waals surface area (Å²) in [6.07, 6.45) is 0.0815. The van der Waals surface area contributed by atoms with Gasteiger partial charge in [-0.2, -0.15) is 0 Å². The van der Waals surface area contributed by atoms with E-state index in [9.17, 15) is 19.5 Å². The molecule has 0 aliphatic carbocycles. The van der Waals surface area contributed by atoms with Crippen LogP contribution in [0, 0.1) is 24.2 Å². The first-order chi connectivity index (χ1) is 17.8. The molecule has 0 saturated carbocycles. The molecule has 4 atom stereocenters. The van der Waals surface area contributed by atoms with Gasteiger partial charge >= 0.3 is 0 Å². The van der Waals surface area contributed by atoms with Gasteiger partial charge in [0.2, 0.25) is 17.7 Å². The number of aliphatic hydroxyl groups excluding tert-OH is 1. The Morgan fingerprint density at radius 3 is 2.37 bits per heavy atom. The third kappa shape index (κ3) is 7.41. The van der Waals surface area contributed by atoms with Crippen molar-refractivity contribution < 1.29 is 19.5 Å². The zero-order valence-electron chi connectivity index (χ0n) is 23.6. The maximum atomic E-state index is 13.7. The van der Waals surface area contributed by atoms with Crippen LogP contribution in [0.2, 0.25) is 0 Å². The summed E-state index contributed by atoms with van der Waals surface area (Å²) in [7, 11) is 0. The highest BCUT2D eigenvalue weighted by atomic mass is 32.1. The van der Waals surface area contributed by atoms with Crippen LogP contribution >= 0.6 is 11.3 Å². The average Bonchev–Trinajstić information content (AvgIpc) is 3.45. The minimum atomic E-state index is -0.812. The molecule has 0 spiro atoms. The molecule has 3 rings (SSSR count). The number of β-amino-alcohol motifs (C(OH)–C–C–N with tert-alkyl or cyclic N) is 1. The van der Waals surface area contributed by atoms with E-state index in [2.05, 4.69) is 29.5 Å². The second-order valence-corrected chi connectivity index (χ2v) is 12.8. The molecule has 2 heterocycles. The van der Waals surface area contributed by atoms with Crippen LogP contribution in [0.4, 0.5) is 0 Å². The standard InChI is InChI=1S/C29H42N4O4S/c1-17(2)12-18(3)26(35)32-25(29(5,6)7)28(37)33-15-22(34)13-23(33)27(36)30-14-20-8-10-21(11-9-20)24-19(4)31-16-38-24/h8-11,16-18,22-23,25,34H,12-15H2,1-7H3,(H,30,36)(H,32,35). The number of carbonyl (C=O) groups excluding carboxylic acids is 3. The van der Waals surface area contributed by atoms with Gasteiger partial charge in [-0.3, -0.25) is 14.4 Å². The van der Waals surface area contributed by atoms with Gasteiger partial charge in [0.25, 0.3) is 0 Å². The summed E-state index contributed by atoms with van der Waals surface area (Å²) in [5.41, 5.74) is 4.24. The van der Waals surface area contributed by atoms with E-state index < -0.39 is 23.6 Å². The van der Waals surface area contributed by atoms with E-state index in [4.69, 9.17) is 0 Å². The van der Waals surface area contributed by atoms with Gasteiger partial charge in [0.1, 0.15) is 12.1 Å². The second kappa shape index (κ2) is 12.4. The smallest absolute Gasteiger partial charge is 0.246 e. The Morgan fingerprint density at radius 1 is 1.16 bits per heavy atom. The van der Waals surface area contributed by atoms with Crippen LogP contribution in [0.15, 0.2) is 29.8 Å². The molecule has 1 aliphatic heterocycles. The molecule has 1 aliphatic rings. The maximum absolute atomic E-state index is 13.7. The SMILES string of the molecule is Cc1ncsc1-c1ccc(CNC(=O)C2CC(O)CN2C(=O)C(NC(=O)C(C)CC(C)C)C(C)(C)C)cc1. The molecule has 8 nitrogen and oxygen atoms in total. The van der Waals surface area contributed by atoms with Crippen molar-refractivity contribution in [3.63, 3.8) is 0 Å². The monoisotopic (exact) mass is 542 g/mol. The van der Waals surface area contributed by atoms with E-state index >= 15 is 0 Å². The van der Waals surface area contributed by atoms with Crippen LogP contribution in [-0.2, 0) is 20.9 Å². The highest BCUT2D eigenvalue weighted by Gasteiger charge is 2.44. The van der Waals surface area contributed by atoms with Crippen LogP contribution in [0.5, 0.6) is 0 Å². The van der Waals surface area contributed by atoms with Gasteiger partial charge in [-0.25, -0.2) is 4.98 Å². The molecule has 4 unspecified atom stereocenters. The largest absolute Gasteiger partial charge is 0.391 e. The molecule has 1 aromatic heterocycles. The minimum absolute atomic E-state index is 0.0593. The molecular formula is C29H42N4O4S. The van der Waals surface area contributed by atoms with Gasteiger partial charge in [-0.05, 0) is 35.8 Å². The van der Waals surface area contributed by atoms with Crippen molar-refractivity contribution in [2.45, 2.75) is 86.0 Å². The predicted molar refractivity (Wildman–Crippen MR) is 150 cm³/mol.